The molecule has 2 heterocycles. The van der Waals surface area contributed by atoms with Crippen LogP contribution in [0.1, 0.15) is 16.8 Å². The minimum atomic E-state index is -0.152. The summed E-state index contributed by atoms with van der Waals surface area (Å²) in [6.07, 6.45) is 2.59. The zero-order valence-corrected chi connectivity index (χ0v) is 9.36. The first-order chi connectivity index (χ1) is 7.66. The number of carbonyl (C=O) groups is 1. The number of nitrogens with zero attached hydrogens (tertiary/aromatic N) is 2. The van der Waals surface area contributed by atoms with Crippen LogP contribution in [0.15, 0.2) is 6.20 Å². The lowest BCUT2D eigenvalue weighted by Gasteiger charge is -2.11. The van der Waals surface area contributed by atoms with Gasteiger partial charge in [-0.1, -0.05) is 0 Å². The van der Waals surface area contributed by atoms with Crippen molar-refractivity contribution in [2.24, 2.45) is 5.92 Å². The molecule has 1 fully saturated rings. The highest BCUT2D eigenvalue weighted by Crippen LogP contribution is 2.13. The molecule has 0 bridgehead atoms. The van der Waals surface area contributed by atoms with Crippen molar-refractivity contribution in [2.75, 3.05) is 32.4 Å². The molecule has 1 aromatic heterocycles. The van der Waals surface area contributed by atoms with Crippen LogP contribution >= 0.6 is 0 Å². The summed E-state index contributed by atoms with van der Waals surface area (Å²) in [5.74, 6) is 0.712. The number of nitrogen functional groups attached to an aromatic ring is 1. The molecule has 0 saturated carbocycles. The third-order valence-electron chi connectivity index (χ3n) is 2.95. The number of aromatic nitrogens is 2. The number of aromatic amines is 1. The van der Waals surface area contributed by atoms with E-state index in [2.05, 4.69) is 27.5 Å². The maximum atomic E-state index is 11.7. The van der Waals surface area contributed by atoms with Crippen LogP contribution in [0.5, 0.6) is 0 Å². The number of likely N-dealkylation sites (tertiary alicyclic amines) is 1. The molecule has 4 N–H and O–H groups in total. The van der Waals surface area contributed by atoms with Gasteiger partial charge >= 0.3 is 0 Å². The molecule has 1 amide bonds. The van der Waals surface area contributed by atoms with E-state index in [0.717, 1.165) is 19.5 Å². The summed E-state index contributed by atoms with van der Waals surface area (Å²) in [5.41, 5.74) is 5.98. The quantitative estimate of drug-likeness (QED) is 0.655. The van der Waals surface area contributed by atoms with E-state index in [4.69, 9.17) is 5.73 Å². The molecule has 88 valence electrons. The molecule has 16 heavy (non-hydrogen) atoms. The molecule has 6 heteroatoms. The van der Waals surface area contributed by atoms with Gasteiger partial charge in [-0.05, 0) is 25.9 Å². The Morgan fingerprint density at radius 3 is 3.19 bits per heavy atom. The Hall–Kier alpha value is -1.56. The summed E-state index contributed by atoms with van der Waals surface area (Å²) in [6, 6.07) is 0. The fourth-order valence-corrected chi connectivity index (χ4v) is 2.00. The van der Waals surface area contributed by atoms with Crippen LogP contribution in [0.3, 0.4) is 0 Å². The van der Waals surface area contributed by atoms with Crippen LogP contribution in [0, 0.1) is 5.92 Å². The average molecular weight is 223 g/mol. The lowest BCUT2D eigenvalue weighted by molar-refractivity contribution is 0.0948. The van der Waals surface area contributed by atoms with Gasteiger partial charge in [-0.25, -0.2) is 0 Å². The van der Waals surface area contributed by atoms with Crippen LogP contribution in [0.2, 0.25) is 0 Å². The van der Waals surface area contributed by atoms with Crippen molar-refractivity contribution in [2.45, 2.75) is 6.42 Å². The van der Waals surface area contributed by atoms with E-state index in [0.29, 0.717) is 23.8 Å². The number of carbonyl (C=O) groups excluding carboxylic acids is 1. The van der Waals surface area contributed by atoms with Gasteiger partial charge in [0.15, 0.2) is 0 Å². The molecule has 1 aliphatic rings. The summed E-state index contributed by atoms with van der Waals surface area (Å²) >= 11 is 0. The minimum absolute atomic E-state index is 0.152. The van der Waals surface area contributed by atoms with Gasteiger partial charge in [0, 0.05) is 13.1 Å². The largest absolute Gasteiger partial charge is 0.383 e. The maximum absolute atomic E-state index is 11.7. The molecule has 0 aliphatic carbocycles. The Balaban J connectivity index is 1.82. The molecule has 6 nitrogen and oxygen atoms in total. The molecular formula is C10H17N5O. The Kier molecular flexibility index (Phi) is 3.09. The molecule has 0 spiro atoms. The molecule has 1 aromatic rings. The highest BCUT2D eigenvalue weighted by molar-refractivity contribution is 5.98. The monoisotopic (exact) mass is 223 g/mol. The second kappa shape index (κ2) is 4.52. The smallest absolute Gasteiger partial charge is 0.256 e. The van der Waals surface area contributed by atoms with Gasteiger partial charge in [-0.2, -0.15) is 5.10 Å². The third kappa shape index (κ3) is 2.33. The standard InChI is InChI=1S/C10H17N5O/c1-15-3-2-7(6-15)4-12-10(16)8-5-13-14-9(8)11/h5,7H,2-4,6H2,1H3,(H,12,16)(H3,11,13,14). The van der Waals surface area contributed by atoms with Gasteiger partial charge in [0.05, 0.1) is 6.20 Å². The first-order valence-corrected chi connectivity index (χ1v) is 5.42. The van der Waals surface area contributed by atoms with E-state index >= 15 is 0 Å². The lowest BCUT2D eigenvalue weighted by atomic mass is 10.1. The highest BCUT2D eigenvalue weighted by Gasteiger charge is 2.20. The van der Waals surface area contributed by atoms with Crippen molar-refractivity contribution in [3.8, 4) is 0 Å². The van der Waals surface area contributed by atoms with Crippen molar-refractivity contribution in [1.29, 1.82) is 0 Å². The lowest BCUT2D eigenvalue weighted by Crippen LogP contribution is -2.30. The number of hydrogen-bond donors (Lipinski definition) is 3. The van der Waals surface area contributed by atoms with Crippen LogP contribution < -0.4 is 11.1 Å². The number of nitrogens with one attached hydrogen (secondary N) is 2. The predicted molar refractivity (Wildman–Crippen MR) is 60.9 cm³/mol. The minimum Gasteiger partial charge on any atom is -0.383 e. The SMILES string of the molecule is CN1CCC(CNC(=O)c2cn[nH]c2N)C1. The van der Waals surface area contributed by atoms with Crippen LogP contribution in [0.25, 0.3) is 0 Å². The van der Waals surface area contributed by atoms with Gasteiger partial charge in [0.25, 0.3) is 5.91 Å². The first kappa shape index (κ1) is 10.9. The summed E-state index contributed by atoms with van der Waals surface area (Å²) < 4.78 is 0. The van der Waals surface area contributed by atoms with E-state index in [-0.39, 0.29) is 5.91 Å². The fourth-order valence-electron chi connectivity index (χ4n) is 2.00. The number of rotatable bonds is 3. The van der Waals surface area contributed by atoms with Gasteiger partial charge in [-0.15, -0.1) is 0 Å². The number of nitrogens with two attached hydrogens (primary N) is 1. The number of anilines is 1. The van der Waals surface area contributed by atoms with Gasteiger partial charge in [-0.3, -0.25) is 9.89 Å². The summed E-state index contributed by atoms with van der Waals surface area (Å²) in [5, 5.41) is 9.14. The summed E-state index contributed by atoms with van der Waals surface area (Å²) in [7, 11) is 2.09. The van der Waals surface area contributed by atoms with Gasteiger partial charge in [0.2, 0.25) is 0 Å². The van der Waals surface area contributed by atoms with Crippen molar-refractivity contribution in [1.82, 2.24) is 20.4 Å². The fraction of sp³-hybridized carbons (Fsp3) is 0.600. The van der Waals surface area contributed by atoms with E-state index < -0.39 is 0 Å². The molecule has 0 radical (unpaired) electrons. The number of hydrogen-bond acceptors (Lipinski definition) is 4. The molecule has 1 atom stereocenters. The molecule has 1 saturated heterocycles. The zero-order valence-electron chi connectivity index (χ0n) is 9.36. The van der Waals surface area contributed by atoms with E-state index in [1.165, 1.54) is 6.20 Å². The Bertz CT molecular complexity index is 375. The first-order valence-electron chi connectivity index (χ1n) is 5.42. The molecule has 0 aromatic carbocycles. The van der Waals surface area contributed by atoms with E-state index in [1.54, 1.807) is 0 Å². The maximum Gasteiger partial charge on any atom is 0.256 e. The highest BCUT2D eigenvalue weighted by atomic mass is 16.1. The Morgan fingerprint density at radius 2 is 2.62 bits per heavy atom. The molecule has 1 unspecified atom stereocenters. The Morgan fingerprint density at radius 1 is 1.81 bits per heavy atom. The molecule has 2 rings (SSSR count). The topological polar surface area (TPSA) is 87.0 Å². The normalized spacial score (nSPS) is 21.2. The Labute approximate surface area is 94.2 Å². The molecule has 1 aliphatic heterocycles. The predicted octanol–water partition coefficient (Wildman–Crippen LogP) is -0.327. The molecular weight excluding hydrogens is 206 g/mol. The van der Waals surface area contributed by atoms with Crippen LogP contribution in [-0.2, 0) is 0 Å². The van der Waals surface area contributed by atoms with Crippen LogP contribution in [0.4, 0.5) is 5.82 Å². The number of H-pyrrole nitrogens is 1. The summed E-state index contributed by atoms with van der Waals surface area (Å²) in [6.45, 7) is 2.85. The number of amides is 1. The van der Waals surface area contributed by atoms with Gasteiger partial charge in [0.1, 0.15) is 11.4 Å². The van der Waals surface area contributed by atoms with Gasteiger partial charge < -0.3 is 16.0 Å². The van der Waals surface area contributed by atoms with E-state index in [1.807, 2.05) is 0 Å². The van der Waals surface area contributed by atoms with Crippen molar-refractivity contribution in [3.63, 3.8) is 0 Å². The summed E-state index contributed by atoms with van der Waals surface area (Å²) in [4.78, 5) is 14.0. The van der Waals surface area contributed by atoms with Crippen molar-refractivity contribution >= 4 is 11.7 Å². The van der Waals surface area contributed by atoms with Crippen molar-refractivity contribution < 1.29 is 4.79 Å². The third-order valence-corrected chi connectivity index (χ3v) is 2.95. The second-order valence-corrected chi connectivity index (χ2v) is 4.32. The second-order valence-electron chi connectivity index (χ2n) is 4.32. The van der Waals surface area contributed by atoms with Crippen molar-refractivity contribution in [3.05, 3.63) is 11.8 Å². The van der Waals surface area contributed by atoms with E-state index in [9.17, 15) is 4.79 Å². The zero-order chi connectivity index (χ0) is 11.5. The average Bonchev–Trinajstić information content (AvgIpc) is 2.84. The van der Waals surface area contributed by atoms with Crippen LogP contribution in [-0.4, -0.2) is 47.7 Å².